The minimum atomic E-state index is -0.516. The highest BCUT2D eigenvalue weighted by molar-refractivity contribution is 5.91. The van der Waals surface area contributed by atoms with Gasteiger partial charge in [0.25, 0.3) is 0 Å². The molecule has 0 atom stereocenters. The van der Waals surface area contributed by atoms with Gasteiger partial charge in [-0.2, -0.15) is 0 Å². The predicted molar refractivity (Wildman–Crippen MR) is 76.3 cm³/mol. The fourth-order valence-electron chi connectivity index (χ4n) is 1.89. The monoisotopic (exact) mass is 304 g/mol. The summed E-state index contributed by atoms with van der Waals surface area (Å²) in [6, 6.07) is 7.91. The molecule has 116 valence electrons. The molecule has 1 heterocycles. The lowest BCUT2D eigenvalue weighted by molar-refractivity contribution is 0.0443. The summed E-state index contributed by atoms with van der Waals surface area (Å²) in [6.07, 6.45) is 0. The van der Waals surface area contributed by atoms with Crippen LogP contribution in [0.2, 0.25) is 0 Å². The van der Waals surface area contributed by atoms with Crippen LogP contribution in [0.1, 0.15) is 37.8 Å². The van der Waals surface area contributed by atoms with Crippen molar-refractivity contribution in [1.29, 1.82) is 0 Å². The first-order valence-corrected chi connectivity index (χ1v) is 6.59. The molecule has 6 heteroatoms. The number of benzene rings is 1. The number of aliphatic hydroxyl groups excluding tert-OH is 1. The SMILES string of the molecule is COC(=O)c1cc(COC(=O)c2ccc(CO)cc2)oc1C. The largest absolute Gasteiger partial charge is 0.465 e. The van der Waals surface area contributed by atoms with Gasteiger partial charge in [0, 0.05) is 0 Å². The molecule has 0 radical (unpaired) electrons. The van der Waals surface area contributed by atoms with E-state index in [4.69, 9.17) is 14.3 Å². The Kier molecular flexibility index (Phi) is 4.95. The normalized spacial score (nSPS) is 10.3. The highest BCUT2D eigenvalue weighted by atomic mass is 16.5. The fraction of sp³-hybridized carbons (Fsp3) is 0.250. The van der Waals surface area contributed by atoms with Crippen LogP contribution in [0, 0.1) is 6.92 Å². The molecule has 1 N–H and O–H groups in total. The van der Waals surface area contributed by atoms with E-state index >= 15 is 0 Å². The van der Waals surface area contributed by atoms with Crippen LogP contribution in [-0.4, -0.2) is 24.2 Å². The molecular weight excluding hydrogens is 288 g/mol. The van der Waals surface area contributed by atoms with E-state index in [1.807, 2.05) is 0 Å². The highest BCUT2D eigenvalue weighted by Crippen LogP contribution is 2.17. The Hall–Kier alpha value is -2.60. The van der Waals surface area contributed by atoms with E-state index in [1.54, 1.807) is 31.2 Å². The summed E-state index contributed by atoms with van der Waals surface area (Å²) in [4.78, 5) is 23.3. The van der Waals surface area contributed by atoms with Gasteiger partial charge >= 0.3 is 11.9 Å². The maximum Gasteiger partial charge on any atom is 0.341 e. The molecule has 0 aliphatic carbocycles. The summed E-state index contributed by atoms with van der Waals surface area (Å²) >= 11 is 0. The summed E-state index contributed by atoms with van der Waals surface area (Å²) in [5.41, 5.74) is 1.38. The van der Waals surface area contributed by atoms with Crippen LogP contribution < -0.4 is 0 Å². The molecule has 0 fully saturated rings. The Morgan fingerprint density at radius 1 is 1.18 bits per heavy atom. The molecule has 0 saturated heterocycles. The van der Waals surface area contributed by atoms with Crippen LogP contribution in [-0.2, 0) is 22.7 Å². The number of carbonyl (C=O) groups is 2. The third kappa shape index (κ3) is 3.53. The van der Waals surface area contributed by atoms with Gasteiger partial charge in [0.1, 0.15) is 23.7 Å². The molecule has 2 aromatic rings. The Morgan fingerprint density at radius 2 is 1.86 bits per heavy atom. The van der Waals surface area contributed by atoms with Gasteiger partial charge in [-0.15, -0.1) is 0 Å². The minimum Gasteiger partial charge on any atom is -0.465 e. The Balaban J connectivity index is 2.00. The van der Waals surface area contributed by atoms with Gasteiger partial charge < -0.3 is 19.0 Å². The average molecular weight is 304 g/mol. The third-order valence-corrected chi connectivity index (χ3v) is 3.09. The minimum absolute atomic E-state index is 0.0849. The van der Waals surface area contributed by atoms with Gasteiger partial charge in [-0.1, -0.05) is 12.1 Å². The van der Waals surface area contributed by atoms with Crippen molar-refractivity contribution in [3.8, 4) is 0 Å². The lowest BCUT2D eigenvalue weighted by Crippen LogP contribution is -2.05. The van der Waals surface area contributed by atoms with Crippen molar-refractivity contribution in [1.82, 2.24) is 0 Å². The van der Waals surface area contributed by atoms with Crippen molar-refractivity contribution in [3.05, 3.63) is 58.5 Å². The van der Waals surface area contributed by atoms with E-state index < -0.39 is 11.9 Å². The first-order valence-electron chi connectivity index (χ1n) is 6.59. The van der Waals surface area contributed by atoms with Crippen molar-refractivity contribution >= 4 is 11.9 Å². The van der Waals surface area contributed by atoms with Gasteiger partial charge in [-0.3, -0.25) is 0 Å². The molecular formula is C16H16O6. The van der Waals surface area contributed by atoms with Gasteiger partial charge in [-0.25, -0.2) is 9.59 Å². The number of carbonyl (C=O) groups excluding carboxylic acids is 2. The van der Waals surface area contributed by atoms with Crippen molar-refractivity contribution < 1.29 is 28.6 Å². The van der Waals surface area contributed by atoms with Crippen LogP contribution in [0.15, 0.2) is 34.7 Å². The van der Waals surface area contributed by atoms with Crippen LogP contribution >= 0.6 is 0 Å². The summed E-state index contributed by atoms with van der Waals surface area (Å²) in [6.45, 7) is 1.46. The summed E-state index contributed by atoms with van der Waals surface area (Å²) in [5, 5.41) is 8.95. The molecule has 0 spiro atoms. The van der Waals surface area contributed by atoms with E-state index in [1.165, 1.54) is 13.2 Å². The number of esters is 2. The van der Waals surface area contributed by atoms with E-state index in [0.29, 0.717) is 28.2 Å². The molecule has 0 bridgehead atoms. The number of ether oxygens (including phenoxy) is 2. The number of furan rings is 1. The zero-order valence-electron chi connectivity index (χ0n) is 12.3. The number of hydrogen-bond donors (Lipinski definition) is 1. The number of hydrogen-bond acceptors (Lipinski definition) is 6. The fourth-order valence-corrected chi connectivity index (χ4v) is 1.89. The van der Waals surface area contributed by atoms with Crippen LogP contribution in [0.25, 0.3) is 0 Å². The molecule has 2 rings (SSSR count). The molecule has 0 amide bonds. The highest BCUT2D eigenvalue weighted by Gasteiger charge is 2.16. The van der Waals surface area contributed by atoms with Gasteiger partial charge in [0.05, 0.1) is 19.3 Å². The maximum atomic E-state index is 11.9. The maximum absolute atomic E-state index is 11.9. The van der Waals surface area contributed by atoms with Crippen LogP contribution in [0.4, 0.5) is 0 Å². The average Bonchev–Trinajstić information content (AvgIpc) is 2.92. The Morgan fingerprint density at radius 3 is 2.45 bits per heavy atom. The molecule has 0 unspecified atom stereocenters. The standard InChI is InChI=1S/C16H16O6/c1-10-14(16(19)20-2)7-13(22-10)9-21-15(18)12-5-3-11(8-17)4-6-12/h3-7,17H,8-9H2,1-2H3. The van der Waals surface area contributed by atoms with E-state index in [0.717, 1.165) is 0 Å². The topological polar surface area (TPSA) is 86.0 Å². The number of aryl methyl sites for hydroxylation is 1. The molecule has 1 aromatic carbocycles. The first kappa shape index (κ1) is 15.8. The van der Waals surface area contributed by atoms with Gasteiger partial charge in [0.2, 0.25) is 0 Å². The third-order valence-electron chi connectivity index (χ3n) is 3.09. The number of aliphatic hydroxyl groups is 1. The molecule has 22 heavy (non-hydrogen) atoms. The predicted octanol–water partition coefficient (Wildman–Crippen LogP) is 2.22. The number of methoxy groups -OCH3 is 1. The van der Waals surface area contributed by atoms with E-state index in [2.05, 4.69) is 4.74 Å². The zero-order valence-corrected chi connectivity index (χ0v) is 12.3. The molecule has 0 aliphatic rings. The van der Waals surface area contributed by atoms with Crippen molar-refractivity contribution in [2.24, 2.45) is 0 Å². The summed E-state index contributed by atoms with van der Waals surface area (Å²) in [7, 11) is 1.28. The molecule has 0 saturated carbocycles. The second-order valence-corrected chi connectivity index (χ2v) is 4.61. The van der Waals surface area contributed by atoms with E-state index in [9.17, 15) is 9.59 Å². The molecule has 1 aromatic heterocycles. The van der Waals surface area contributed by atoms with E-state index in [-0.39, 0.29) is 13.2 Å². The van der Waals surface area contributed by atoms with Crippen molar-refractivity contribution in [2.45, 2.75) is 20.1 Å². The summed E-state index contributed by atoms with van der Waals surface area (Å²) in [5.74, 6) is -0.250. The first-order chi connectivity index (χ1) is 10.5. The summed E-state index contributed by atoms with van der Waals surface area (Å²) < 4.78 is 15.1. The quantitative estimate of drug-likeness (QED) is 0.852. The Bertz CT molecular complexity index is 668. The van der Waals surface area contributed by atoms with Crippen molar-refractivity contribution in [2.75, 3.05) is 7.11 Å². The zero-order chi connectivity index (χ0) is 16.1. The van der Waals surface area contributed by atoms with Crippen LogP contribution in [0.3, 0.4) is 0 Å². The second kappa shape index (κ2) is 6.91. The lowest BCUT2D eigenvalue weighted by atomic mass is 10.1. The molecule has 6 nitrogen and oxygen atoms in total. The molecule has 0 aliphatic heterocycles. The number of rotatable bonds is 5. The smallest absolute Gasteiger partial charge is 0.341 e. The second-order valence-electron chi connectivity index (χ2n) is 4.61. The van der Waals surface area contributed by atoms with Gasteiger partial charge in [0.15, 0.2) is 0 Å². The lowest BCUT2D eigenvalue weighted by Gasteiger charge is -2.03. The van der Waals surface area contributed by atoms with Crippen LogP contribution in [0.5, 0.6) is 0 Å². The van der Waals surface area contributed by atoms with Gasteiger partial charge in [-0.05, 0) is 30.7 Å². The van der Waals surface area contributed by atoms with Crippen molar-refractivity contribution in [3.63, 3.8) is 0 Å². The Labute approximate surface area is 127 Å².